The molecule has 3 nitrogen and oxygen atoms in total. The topological polar surface area (TPSA) is 50.4 Å². The molecule has 0 aliphatic carbocycles. The highest BCUT2D eigenvalue weighted by Gasteiger charge is 2.04. The number of aromatic hydroxyl groups is 1. The molecular formula is C9H6O3. The van der Waals surface area contributed by atoms with Gasteiger partial charge in [0.2, 0.25) is 0 Å². The molecule has 12 heavy (non-hydrogen) atoms. The van der Waals surface area contributed by atoms with Crippen molar-refractivity contribution in [3.63, 3.8) is 0 Å². The summed E-state index contributed by atoms with van der Waals surface area (Å²) in [6.07, 6.45) is 2.10. The van der Waals surface area contributed by atoms with E-state index in [1.165, 1.54) is 18.4 Å². The zero-order valence-corrected chi connectivity index (χ0v) is 6.15. The van der Waals surface area contributed by atoms with Gasteiger partial charge in [-0.2, -0.15) is 0 Å². The highest BCUT2D eigenvalue weighted by molar-refractivity contribution is 5.96. The van der Waals surface area contributed by atoms with Crippen LogP contribution in [0.15, 0.2) is 28.9 Å². The van der Waals surface area contributed by atoms with Crippen molar-refractivity contribution in [3.05, 3.63) is 30.0 Å². The zero-order valence-electron chi connectivity index (χ0n) is 6.15. The van der Waals surface area contributed by atoms with E-state index in [4.69, 9.17) is 9.52 Å². The van der Waals surface area contributed by atoms with Gasteiger partial charge in [0.05, 0.1) is 5.56 Å². The van der Waals surface area contributed by atoms with Crippen LogP contribution in [-0.4, -0.2) is 11.4 Å². The van der Waals surface area contributed by atoms with Gasteiger partial charge in [-0.05, 0) is 12.1 Å². The molecule has 1 heterocycles. The molecule has 0 amide bonds. The third kappa shape index (κ3) is 0.871. The number of fused-ring (bicyclic) bond motifs is 1. The van der Waals surface area contributed by atoms with Crippen LogP contribution in [0.1, 0.15) is 10.4 Å². The molecule has 0 atom stereocenters. The number of hydrogen-bond donors (Lipinski definition) is 1. The fraction of sp³-hybridized carbons (Fsp3) is 0. The Balaban J connectivity index is 2.81. The summed E-state index contributed by atoms with van der Waals surface area (Å²) in [5, 5.41) is 9.79. The van der Waals surface area contributed by atoms with Gasteiger partial charge in [-0.1, -0.05) is 0 Å². The Morgan fingerprint density at radius 3 is 3.00 bits per heavy atom. The predicted molar refractivity (Wildman–Crippen MR) is 43.3 cm³/mol. The SMILES string of the molecule is O=Cc1coc2cc(O)ccc12. The second kappa shape index (κ2) is 2.37. The summed E-state index contributed by atoms with van der Waals surface area (Å²) in [6, 6.07) is 4.64. The lowest BCUT2D eigenvalue weighted by atomic mass is 10.2. The highest BCUT2D eigenvalue weighted by atomic mass is 16.3. The molecule has 1 aromatic carbocycles. The van der Waals surface area contributed by atoms with E-state index in [9.17, 15) is 4.79 Å². The van der Waals surface area contributed by atoms with Gasteiger partial charge in [0.1, 0.15) is 17.6 Å². The van der Waals surface area contributed by atoms with Gasteiger partial charge in [-0.15, -0.1) is 0 Å². The number of phenols is 1. The predicted octanol–water partition coefficient (Wildman–Crippen LogP) is 1.95. The normalized spacial score (nSPS) is 10.3. The first-order valence-electron chi connectivity index (χ1n) is 3.46. The van der Waals surface area contributed by atoms with E-state index in [-0.39, 0.29) is 5.75 Å². The molecule has 0 spiro atoms. The minimum atomic E-state index is 0.134. The van der Waals surface area contributed by atoms with E-state index in [1.54, 1.807) is 6.07 Å². The number of hydrogen-bond acceptors (Lipinski definition) is 3. The van der Waals surface area contributed by atoms with Gasteiger partial charge < -0.3 is 9.52 Å². The number of benzene rings is 1. The van der Waals surface area contributed by atoms with E-state index in [1.807, 2.05) is 0 Å². The van der Waals surface area contributed by atoms with Crippen molar-refractivity contribution >= 4 is 17.3 Å². The number of aldehydes is 1. The Hall–Kier alpha value is -1.77. The van der Waals surface area contributed by atoms with Gasteiger partial charge in [-0.3, -0.25) is 4.79 Å². The smallest absolute Gasteiger partial charge is 0.153 e. The van der Waals surface area contributed by atoms with Crippen molar-refractivity contribution in [2.75, 3.05) is 0 Å². The second-order valence-electron chi connectivity index (χ2n) is 2.49. The Morgan fingerprint density at radius 1 is 1.42 bits per heavy atom. The fourth-order valence-corrected chi connectivity index (χ4v) is 1.13. The molecule has 0 radical (unpaired) electrons. The van der Waals surface area contributed by atoms with Crippen LogP contribution in [0, 0.1) is 0 Å². The van der Waals surface area contributed by atoms with E-state index in [0.29, 0.717) is 11.1 Å². The highest BCUT2D eigenvalue weighted by Crippen LogP contribution is 2.23. The van der Waals surface area contributed by atoms with Gasteiger partial charge >= 0.3 is 0 Å². The van der Waals surface area contributed by atoms with Crippen LogP contribution < -0.4 is 0 Å². The summed E-state index contributed by atoms with van der Waals surface area (Å²) in [7, 11) is 0. The Bertz CT molecular complexity index is 428. The van der Waals surface area contributed by atoms with Gasteiger partial charge in [-0.25, -0.2) is 0 Å². The minimum absolute atomic E-state index is 0.134. The molecule has 0 aliphatic heterocycles. The monoisotopic (exact) mass is 162 g/mol. The average Bonchev–Trinajstić information content (AvgIpc) is 2.46. The molecule has 60 valence electrons. The van der Waals surface area contributed by atoms with E-state index < -0.39 is 0 Å². The molecule has 0 saturated heterocycles. The van der Waals surface area contributed by atoms with Crippen molar-refractivity contribution < 1.29 is 14.3 Å². The summed E-state index contributed by atoms with van der Waals surface area (Å²) >= 11 is 0. The maximum Gasteiger partial charge on any atom is 0.153 e. The largest absolute Gasteiger partial charge is 0.508 e. The lowest BCUT2D eigenvalue weighted by Gasteiger charge is -1.89. The molecule has 0 fully saturated rings. The minimum Gasteiger partial charge on any atom is -0.508 e. The Kier molecular flexibility index (Phi) is 1.37. The van der Waals surface area contributed by atoms with Gasteiger partial charge in [0.15, 0.2) is 6.29 Å². The fourth-order valence-electron chi connectivity index (χ4n) is 1.13. The second-order valence-corrected chi connectivity index (χ2v) is 2.49. The van der Waals surface area contributed by atoms with Crippen molar-refractivity contribution in [2.45, 2.75) is 0 Å². The number of furan rings is 1. The van der Waals surface area contributed by atoms with Crippen LogP contribution >= 0.6 is 0 Å². The van der Waals surface area contributed by atoms with Gasteiger partial charge in [0, 0.05) is 11.5 Å². The summed E-state index contributed by atoms with van der Waals surface area (Å²) in [5.41, 5.74) is 1.03. The van der Waals surface area contributed by atoms with Crippen LogP contribution in [0.3, 0.4) is 0 Å². The standard InChI is InChI=1S/C9H6O3/c10-4-6-5-12-9-3-7(11)1-2-8(6)9/h1-5,11H. The van der Waals surface area contributed by atoms with Crippen molar-refractivity contribution in [1.82, 2.24) is 0 Å². The lowest BCUT2D eigenvalue weighted by Crippen LogP contribution is -1.73. The van der Waals surface area contributed by atoms with Crippen molar-refractivity contribution in [3.8, 4) is 5.75 Å². The molecule has 1 aromatic heterocycles. The summed E-state index contributed by atoms with van der Waals surface area (Å²) in [6.45, 7) is 0. The Morgan fingerprint density at radius 2 is 2.25 bits per heavy atom. The molecular weight excluding hydrogens is 156 g/mol. The maximum atomic E-state index is 10.4. The number of rotatable bonds is 1. The van der Waals surface area contributed by atoms with Crippen LogP contribution in [0.4, 0.5) is 0 Å². The van der Waals surface area contributed by atoms with Crippen molar-refractivity contribution in [2.24, 2.45) is 0 Å². The van der Waals surface area contributed by atoms with E-state index >= 15 is 0 Å². The average molecular weight is 162 g/mol. The molecule has 0 unspecified atom stereocenters. The van der Waals surface area contributed by atoms with Crippen LogP contribution in [-0.2, 0) is 0 Å². The van der Waals surface area contributed by atoms with E-state index in [0.717, 1.165) is 11.7 Å². The molecule has 0 bridgehead atoms. The lowest BCUT2D eigenvalue weighted by molar-refractivity contribution is 0.112. The van der Waals surface area contributed by atoms with Crippen LogP contribution in [0.25, 0.3) is 11.0 Å². The molecule has 3 heteroatoms. The molecule has 1 N–H and O–H groups in total. The summed E-state index contributed by atoms with van der Waals surface area (Å²) in [5.74, 6) is 0.134. The first-order chi connectivity index (χ1) is 5.81. The van der Waals surface area contributed by atoms with Gasteiger partial charge in [0.25, 0.3) is 0 Å². The quantitative estimate of drug-likeness (QED) is 0.652. The third-order valence-corrected chi connectivity index (χ3v) is 1.72. The third-order valence-electron chi connectivity index (χ3n) is 1.72. The number of carbonyl (C=O) groups excluding carboxylic acids is 1. The summed E-state index contributed by atoms with van der Waals surface area (Å²) < 4.78 is 5.03. The molecule has 0 aliphatic rings. The van der Waals surface area contributed by atoms with Crippen molar-refractivity contribution in [1.29, 1.82) is 0 Å². The Labute approximate surface area is 68.2 Å². The number of carbonyl (C=O) groups is 1. The first kappa shape index (κ1) is 6.91. The molecule has 0 saturated carbocycles. The summed E-state index contributed by atoms with van der Waals surface area (Å²) in [4.78, 5) is 10.4. The maximum absolute atomic E-state index is 10.4. The molecule has 2 aromatic rings. The zero-order chi connectivity index (χ0) is 8.55. The molecule has 2 rings (SSSR count). The number of phenolic OH excluding ortho intramolecular Hbond substituents is 1. The van der Waals surface area contributed by atoms with Crippen LogP contribution in [0.2, 0.25) is 0 Å². The first-order valence-corrected chi connectivity index (χ1v) is 3.46. The van der Waals surface area contributed by atoms with Crippen LogP contribution in [0.5, 0.6) is 5.75 Å². The van der Waals surface area contributed by atoms with E-state index in [2.05, 4.69) is 0 Å².